The fourth-order valence-corrected chi connectivity index (χ4v) is 5.15. The van der Waals surface area contributed by atoms with Gasteiger partial charge in [0.05, 0.1) is 27.2 Å². The Hall–Kier alpha value is -3.87. The highest BCUT2D eigenvalue weighted by Gasteiger charge is 2.24. The summed E-state index contributed by atoms with van der Waals surface area (Å²) in [6, 6.07) is 14.0. The summed E-state index contributed by atoms with van der Waals surface area (Å²) in [5.41, 5.74) is 3.05. The molecule has 212 valence electrons. The van der Waals surface area contributed by atoms with E-state index in [4.69, 9.17) is 27.9 Å². The Kier molecular flexibility index (Phi) is 9.22. The average molecular weight is 615 g/mol. The molecule has 14 heteroatoms. The fraction of sp³-hybridized carbons (Fsp3) is 0.259. The van der Waals surface area contributed by atoms with E-state index in [1.165, 1.54) is 41.5 Å². The molecule has 1 aliphatic carbocycles. The number of nitrogens with zero attached hydrogens (tertiary/aromatic N) is 5. The van der Waals surface area contributed by atoms with Gasteiger partial charge in [0, 0.05) is 24.2 Å². The van der Waals surface area contributed by atoms with E-state index in [1.54, 1.807) is 18.2 Å². The van der Waals surface area contributed by atoms with Crippen molar-refractivity contribution in [3.8, 4) is 11.4 Å². The Morgan fingerprint density at radius 1 is 1.12 bits per heavy atom. The lowest BCUT2D eigenvalue weighted by Gasteiger charge is -2.11. The third-order valence-electron chi connectivity index (χ3n) is 6.18. The van der Waals surface area contributed by atoms with Crippen LogP contribution in [0.5, 0.6) is 5.75 Å². The Morgan fingerprint density at radius 2 is 1.98 bits per heavy atom. The number of halogens is 2. The molecule has 0 saturated heterocycles. The molecule has 11 nitrogen and oxygen atoms in total. The number of anilines is 1. The molecule has 0 spiro atoms. The zero-order valence-corrected chi connectivity index (χ0v) is 24.0. The van der Waals surface area contributed by atoms with E-state index in [1.807, 2.05) is 24.3 Å². The minimum absolute atomic E-state index is 0.0324. The van der Waals surface area contributed by atoms with Crippen molar-refractivity contribution < 1.29 is 19.1 Å². The molecule has 2 aromatic heterocycles. The summed E-state index contributed by atoms with van der Waals surface area (Å²) < 4.78 is 7.73. The minimum Gasteiger partial charge on any atom is -0.619 e. The van der Waals surface area contributed by atoms with Crippen molar-refractivity contribution in [3.63, 3.8) is 0 Å². The number of rotatable bonds is 12. The van der Waals surface area contributed by atoms with Gasteiger partial charge in [-0.1, -0.05) is 41.0 Å². The van der Waals surface area contributed by atoms with Gasteiger partial charge in [-0.3, -0.25) is 9.59 Å². The lowest BCUT2D eigenvalue weighted by atomic mass is 10.1. The first kappa shape index (κ1) is 28.7. The molecule has 4 aromatic rings. The molecule has 0 atom stereocenters. The molecule has 0 bridgehead atoms. The minimum atomic E-state index is -0.316. The second kappa shape index (κ2) is 13.2. The molecule has 2 amide bonds. The lowest BCUT2D eigenvalue weighted by Crippen LogP contribution is -2.31. The van der Waals surface area contributed by atoms with E-state index in [0.29, 0.717) is 50.9 Å². The van der Waals surface area contributed by atoms with Gasteiger partial charge in [-0.25, -0.2) is 0 Å². The maximum Gasteiger partial charge on any atom is 0.257 e. The Bertz CT molecular complexity index is 1560. The number of carbonyl (C=O) groups is 2. The summed E-state index contributed by atoms with van der Waals surface area (Å²) in [6.45, 7) is 0.152. The molecule has 1 aliphatic rings. The highest BCUT2D eigenvalue weighted by atomic mass is 35.5. The summed E-state index contributed by atoms with van der Waals surface area (Å²) in [7, 11) is 0. The van der Waals surface area contributed by atoms with Gasteiger partial charge in [0.1, 0.15) is 5.75 Å². The maximum atomic E-state index is 12.6. The highest BCUT2D eigenvalue weighted by Crippen LogP contribution is 2.41. The van der Waals surface area contributed by atoms with Gasteiger partial charge in [0.25, 0.3) is 5.91 Å². The van der Waals surface area contributed by atoms with Crippen molar-refractivity contribution in [2.24, 2.45) is 0 Å². The molecular formula is C27H25Cl2N7O4S. The third kappa shape index (κ3) is 7.87. The topological polar surface area (TPSA) is 138 Å². The van der Waals surface area contributed by atoms with Gasteiger partial charge in [-0.05, 0) is 71.5 Å². The van der Waals surface area contributed by atoms with Gasteiger partial charge in [0.2, 0.25) is 11.1 Å². The zero-order valence-electron chi connectivity index (χ0n) is 21.6. The van der Waals surface area contributed by atoms with Crippen molar-refractivity contribution in [1.29, 1.82) is 0 Å². The predicted molar refractivity (Wildman–Crippen MR) is 155 cm³/mol. The van der Waals surface area contributed by atoms with Crippen LogP contribution in [0.4, 0.5) is 5.69 Å². The van der Waals surface area contributed by atoms with E-state index in [-0.39, 0.29) is 29.2 Å². The standard InChI is InChI=1S/C27H25Cl2N7O4S/c28-21-13-20(40-15-25(37)30-10-9-17-2-1-11-35(39)14-17)6-7-23(21)31-26(38)16-41-27-32-33-34-36(27)24-8-5-19(12-22(24)29)18-3-4-18/h1-2,5-8,11-14,18H,3-4,9-10,15-16H2,(H,30,37)(H,31,38). The molecule has 1 fully saturated rings. The van der Waals surface area contributed by atoms with E-state index in [2.05, 4.69) is 26.2 Å². The summed E-state index contributed by atoms with van der Waals surface area (Å²) in [4.78, 5) is 24.7. The van der Waals surface area contributed by atoms with Crippen LogP contribution in [0.3, 0.4) is 0 Å². The number of ether oxygens (including phenoxy) is 1. The maximum absolute atomic E-state index is 12.6. The number of carbonyl (C=O) groups excluding carboxylic acids is 2. The Morgan fingerprint density at radius 3 is 2.73 bits per heavy atom. The van der Waals surface area contributed by atoms with Crippen molar-refractivity contribution in [3.05, 3.63) is 87.3 Å². The highest BCUT2D eigenvalue weighted by molar-refractivity contribution is 7.99. The number of aromatic nitrogens is 5. The number of hydrogen-bond acceptors (Lipinski definition) is 8. The van der Waals surface area contributed by atoms with Gasteiger partial charge in [0.15, 0.2) is 19.0 Å². The van der Waals surface area contributed by atoms with Crippen LogP contribution in [0.1, 0.15) is 29.9 Å². The smallest absolute Gasteiger partial charge is 0.257 e. The third-order valence-corrected chi connectivity index (χ3v) is 7.71. The van der Waals surface area contributed by atoms with Crippen LogP contribution in [0.25, 0.3) is 5.69 Å². The van der Waals surface area contributed by atoms with Crippen molar-refractivity contribution in [1.82, 2.24) is 25.5 Å². The Labute approximate surface area is 249 Å². The van der Waals surface area contributed by atoms with Crippen LogP contribution in [0.15, 0.2) is 66.1 Å². The average Bonchev–Trinajstić information content (AvgIpc) is 3.70. The van der Waals surface area contributed by atoms with Crippen LogP contribution in [-0.2, 0) is 16.0 Å². The summed E-state index contributed by atoms with van der Waals surface area (Å²) in [5.74, 6) is 0.353. The van der Waals surface area contributed by atoms with E-state index in [0.717, 1.165) is 17.3 Å². The fourth-order valence-electron chi connectivity index (χ4n) is 3.98. The predicted octanol–water partition coefficient (Wildman–Crippen LogP) is 3.95. The van der Waals surface area contributed by atoms with Crippen LogP contribution in [0.2, 0.25) is 10.0 Å². The number of nitrogens with one attached hydrogen (secondary N) is 2. The van der Waals surface area contributed by atoms with Crippen molar-refractivity contribution in [2.75, 3.05) is 24.2 Å². The van der Waals surface area contributed by atoms with E-state index < -0.39 is 0 Å². The molecule has 1 saturated carbocycles. The second-order valence-corrected chi connectivity index (χ2v) is 11.1. The van der Waals surface area contributed by atoms with Crippen LogP contribution in [0, 0.1) is 5.21 Å². The number of pyridine rings is 1. The monoisotopic (exact) mass is 613 g/mol. The van der Waals surface area contributed by atoms with Crippen LogP contribution < -0.4 is 20.1 Å². The molecule has 2 aromatic carbocycles. The molecule has 2 heterocycles. The normalized spacial score (nSPS) is 12.6. The Balaban J connectivity index is 1.08. The van der Waals surface area contributed by atoms with Gasteiger partial charge in [-0.2, -0.15) is 9.41 Å². The van der Waals surface area contributed by atoms with E-state index in [9.17, 15) is 14.8 Å². The number of tetrazole rings is 1. The molecule has 41 heavy (non-hydrogen) atoms. The number of amides is 2. The SMILES string of the molecule is O=C(COc1ccc(NC(=O)CSc2nnnn2-c2ccc(C3CC3)cc2Cl)c(Cl)c1)NCCc1ccc[n+]([O-])c1. The van der Waals surface area contributed by atoms with Crippen LogP contribution in [-0.4, -0.2) is 50.9 Å². The second-order valence-electron chi connectivity index (χ2n) is 9.30. The first-order chi connectivity index (χ1) is 19.9. The molecule has 0 unspecified atom stereocenters. The summed E-state index contributed by atoms with van der Waals surface area (Å²) >= 11 is 14.0. The van der Waals surface area contributed by atoms with Gasteiger partial charge >= 0.3 is 0 Å². The molecule has 0 radical (unpaired) electrons. The number of hydrogen-bond donors (Lipinski definition) is 2. The molecular weight excluding hydrogens is 589 g/mol. The van der Waals surface area contributed by atoms with Crippen molar-refractivity contribution in [2.45, 2.75) is 30.3 Å². The molecule has 0 aliphatic heterocycles. The summed E-state index contributed by atoms with van der Waals surface area (Å²) in [5, 5.41) is 29.8. The van der Waals surface area contributed by atoms with E-state index >= 15 is 0 Å². The molecule has 2 N–H and O–H groups in total. The molecule has 5 rings (SSSR count). The number of thioether (sulfide) groups is 1. The summed E-state index contributed by atoms with van der Waals surface area (Å²) in [6.07, 6.45) is 5.72. The number of benzene rings is 2. The quantitative estimate of drug-likeness (QED) is 0.139. The van der Waals surface area contributed by atoms with Crippen LogP contribution >= 0.6 is 35.0 Å². The van der Waals surface area contributed by atoms with Gasteiger partial charge in [-0.15, -0.1) is 5.10 Å². The van der Waals surface area contributed by atoms with Gasteiger partial charge < -0.3 is 20.6 Å². The zero-order chi connectivity index (χ0) is 28.8. The largest absolute Gasteiger partial charge is 0.619 e. The first-order valence-electron chi connectivity index (χ1n) is 12.7. The lowest BCUT2D eigenvalue weighted by molar-refractivity contribution is -0.605. The first-order valence-corrected chi connectivity index (χ1v) is 14.5. The van der Waals surface area contributed by atoms with Crippen molar-refractivity contribution >= 4 is 52.5 Å².